The van der Waals surface area contributed by atoms with Gasteiger partial charge in [-0.1, -0.05) is 71.4 Å². The van der Waals surface area contributed by atoms with E-state index in [2.05, 4.69) is 0 Å². The van der Waals surface area contributed by atoms with E-state index in [4.69, 9.17) is 0 Å². The summed E-state index contributed by atoms with van der Waals surface area (Å²) < 4.78 is 0. The van der Waals surface area contributed by atoms with Gasteiger partial charge in [-0.2, -0.15) is 35.3 Å². The van der Waals surface area contributed by atoms with Crippen molar-refractivity contribution in [2.45, 2.75) is 38.2 Å². The van der Waals surface area contributed by atoms with Gasteiger partial charge in [0.25, 0.3) is 0 Å². The van der Waals surface area contributed by atoms with Crippen molar-refractivity contribution in [2.75, 3.05) is 46.0 Å². The molecule has 0 aromatic carbocycles. The minimum absolute atomic E-state index is 0.0630. The van der Waals surface area contributed by atoms with E-state index in [0.717, 1.165) is 46.0 Å². The summed E-state index contributed by atoms with van der Waals surface area (Å²) in [5, 5.41) is 0.849. The Kier molecular flexibility index (Phi) is 26.4. The maximum Gasteiger partial charge on any atom is 0.211 e. The molecule has 37 heavy (non-hydrogen) atoms. The molecule has 0 spiro atoms. The summed E-state index contributed by atoms with van der Waals surface area (Å²) in [6.45, 7) is 7.35. The van der Waals surface area contributed by atoms with Crippen molar-refractivity contribution >= 4 is 103 Å². The van der Waals surface area contributed by atoms with Gasteiger partial charge in [0.05, 0.1) is 0 Å². The van der Waals surface area contributed by atoms with Crippen molar-refractivity contribution < 1.29 is 19.2 Å². The third kappa shape index (κ3) is 23.7. The van der Waals surface area contributed by atoms with Gasteiger partial charge in [0.15, 0.2) is 0 Å². The number of carbonyl (C=O) groups is 4. The molecular weight excluding hydrogens is 601 g/mol. The summed E-state index contributed by atoms with van der Waals surface area (Å²) >= 11 is 10.8. The second kappa shape index (κ2) is 26.3. The number of thioether (sulfide) groups is 7. The van der Waals surface area contributed by atoms with Gasteiger partial charge in [0, 0.05) is 56.5 Å². The minimum atomic E-state index is 0.0630. The lowest BCUT2D eigenvalue weighted by molar-refractivity contribution is -0.107. The first-order chi connectivity index (χ1) is 17.9. The maximum absolute atomic E-state index is 12.0. The van der Waals surface area contributed by atoms with Crippen LogP contribution in [0.1, 0.15) is 27.7 Å². The number of allylic oxidation sites excluding steroid dienone is 4. The average molecular weight is 639 g/mol. The molecule has 11 heteroatoms. The molecule has 4 nitrogen and oxygen atoms in total. The smallest absolute Gasteiger partial charge is 0.211 e. The normalized spacial score (nSPS) is 13.7. The highest BCUT2D eigenvalue weighted by Gasteiger charge is 2.16. The van der Waals surface area contributed by atoms with Gasteiger partial charge < -0.3 is 0 Å². The quantitative estimate of drug-likeness (QED) is 0.0999. The predicted molar refractivity (Wildman–Crippen MR) is 179 cm³/mol. The number of rotatable bonds is 20. The molecule has 0 heterocycles. The zero-order chi connectivity index (χ0) is 27.7. The monoisotopic (exact) mass is 638 g/mol. The Bertz CT molecular complexity index is 730. The summed E-state index contributed by atoms with van der Waals surface area (Å²) in [5.41, 5.74) is 0. The molecule has 0 amide bonds. The van der Waals surface area contributed by atoms with Crippen LogP contribution in [0.3, 0.4) is 0 Å². The summed E-state index contributed by atoms with van der Waals surface area (Å²) in [7, 11) is 0. The fourth-order valence-corrected chi connectivity index (χ4v) is 10.5. The number of carbonyl (C=O) groups excluding carboxylic acids is 4. The summed E-state index contributed by atoms with van der Waals surface area (Å²) in [6.07, 6.45) is 13.4. The Hall–Kier alpha value is 0.0900. The second-order valence-electron chi connectivity index (χ2n) is 7.12. The topological polar surface area (TPSA) is 68.3 Å². The first-order valence-electron chi connectivity index (χ1n) is 11.8. The molecule has 0 radical (unpaired) electrons. The molecule has 0 fully saturated rings. The SMILES string of the molecule is CC=CC(=O)SCCSC(CSCC(CSC(=O)C=CC)SCCSC(=O)C=CC)CSC(=O)C=CC. The zero-order valence-corrected chi connectivity index (χ0v) is 27.6. The van der Waals surface area contributed by atoms with Gasteiger partial charge in [-0.3, -0.25) is 19.2 Å². The number of hydrogen-bond acceptors (Lipinski definition) is 11. The van der Waals surface area contributed by atoms with Crippen LogP contribution in [0.4, 0.5) is 0 Å². The van der Waals surface area contributed by atoms with Gasteiger partial charge >= 0.3 is 0 Å². The Balaban J connectivity index is 4.84. The van der Waals surface area contributed by atoms with Crippen molar-refractivity contribution in [3.63, 3.8) is 0 Å². The van der Waals surface area contributed by atoms with Crippen molar-refractivity contribution in [3.05, 3.63) is 48.6 Å². The Morgan fingerprint density at radius 2 is 0.811 bits per heavy atom. The van der Waals surface area contributed by atoms with Crippen LogP contribution in [0.5, 0.6) is 0 Å². The van der Waals surface area contributed by atoms with Crippen molar-refractivity contribution in [2.24, 2.45) is 0 Å². The lowest BCUT2D eigenvalue weighted by Crippen LogP contribution is -2.17. The summed E-state index contributed by atoms with van der Waals surface area (Å²) in [6, 6.07) is 0. The Morgan fingerprint density at radius 1 is 0.486 bits per heavy atom. The van der Waals surface area contributed by atoms with Gasteiger partial charge in [-0.05, 0) is 52.0 Å². The number of hydrogen-bond donors (Lipinski definition) is 0. The largest absolute Gasteiger partial charge is 0.282 e. The molecule has 0 rings (SSSR count). The van der Waals surface area contributed by atoms with E-state index < -0.39 is 0 Å². The molecule has 2 atom stereocenters. The molecule has 0 aliphatic heterocycles. The van der Waals surface area contributed by atoms with Crippen molar-refractivity contribution in [1.82, 2.24) is 0 Å². The van der Waals surface area contributed by atoms with Gasteiger partial charge in [-0.25, -0.2) is 0 Å². The van der Waals surface area contributed by atoms with E-state index in [9.17, 15) is 19.2 Å². The Morgan fingerprint density at radius 3 is 1.14 bits per heavy atom. The molecule has 208 valence electrons. The maximum atomic E-state index is 12.0. The summed E-state index contributed by atoms with van der Waals surface area (Å²) in [5.74, 6) is 6.43. The molecule has 0 saturated carbocycles. The van der Waals surface area contributed by atoms with Crippen LogP contribution in [0.2, 0.25) is 0 Å². The fraction of sp³-hybridized carbons (Fsp3) is 0.538. The molecule has 0 aliphatic rings. The van der Waals surface area contributed by atoms with Crippen LogP contribution in [-0.4, -0.2) is 77.0 Å². The standard InChI is InChI=1S/C26H38O4S7/c1-5-9-23(27)34-15-13-32-21(19-36-25(29)11-7-3)17-31-18-22(20-37-26(30)12-8-4)33-14-16-35-24(28)10-6-2/h5-12,21-22H,13-20H2,1-4H3. The van der Waals surface area contributed by atoms with E-state index in [-0.39, 0.29) is 20.5 Å². The molecule has 0 bridgehead atoms. The van der Waals surface area contributed by atoms with Crippen LogP contribution in [-0.2, 0) is 19.2 Å². The van der Waals surface area contributed by atoms with Crippen LogP contribution < -0.4 is 0 Å². The van der Waals surface area contributed by atoms with E-state index in [1.54, 1.807) is 48.6 Å². The molecule has 0 aliphatic carbocycles. The first kappa shape index (κ1) is 37.1. The lowest BCUT2D eigenvalue weighted by atomic mass is 10.5. The average Bonchev–Trinajstić information content (AvgIpc) is 2.86. The molecular formula is C26H38O4S7. The predicted octanol–water partition coefficient (Wildman–Crippen LogP) is 7.27. The van der Waals surface area contributed by atoms with Gasteiger partial charge in [0.2, 0.25) is 20.5 Å². The first-order valence-corrected chi connectivity index (χ1v) is 19.0. The highest BCUT2D eigenvalue weighted by Crippen LogP contribution is 2.27. The van der Waals surface area contributed by atoms with Crippen LogP contribution in [0.15, 0.2) is 48.6 Å². The van der Waals surface area contributed by atoms with Crippen LogP contribution >= 0.6 is 82.3 Å². The van der Waals surface area contributed by atoms with E-state index in [1.165, 1.54) is 47.0 Å². The Labute approximate surface area is 253 Å². The lowest BCUT2D eigenvalue weighted by Gasteiger charge is -2.19. The highest BCUT2D eigenvalue weighted by atomic mass is 32.2. The highest BCUT2D eigenvalue weighted by molar-refractivity contribution is 8.16. The second-order valence-corrected chi connectivity index (χ2v) is 15.3. The van der Waals surface area contributed by atoms with E-state index >= 15 is 0 Å². The van der Waals surface area contributed by atoms with Crippen LogP contribution in [0, 0.1) is 0 Å². The van der Waals surface area contributed by atoms with Crippen molar-refractivity contribution in [1.29, 1.82) is 0 Å². The third-order valence-electron chi connectivity index (χ3n) is 4.00. The third-order valence-corrected chi connectivity index (χ3v) is 12.8. The van der Waals surface area contributed by atoms with Crippen LogP contribution in [0.25, 0.3) is 0 Å². The fourth-order valence-electron chi connectivity index (χ4n) is 2.42. The van der Waals surface area contributed by atoms with Crippen molar-refractivity contribution in [3.8, 4) is 0 Å². The zero-order valence-electron chi connectivity index (χ0n) is 21.9. The van der Waals surface area contributed by atoms with E-state index in [0.29, 0.717) is 10.5 Å². The molecule has 2 unspecified atom stereocenters. The molecule has 0 aromatic rings. The molecule has 0 saturated heterocycles. The van der Waals surface area contributed by atoms with E-state index in [1.807, 2.05) is 63.0 Å². The summed E-state index contributed by atoms with van der Waals surface area (Å²) in [4.78, 5) is 47.4. The molecule has 0 aromatic heterocycles. The van der Waals surface area contributed by atoms with Gasteiger partial charge in [0.1, 0.15) is 0 Å². The van der Waals surface area contributed by atoms with Gasteiger partial charge in [-0.15, -0.1) is 0 Å². The molecule has 0 N–H and O–H groups in total. The minimum Gasteiger partial charge on any atom is -0.282 e.